The lowest BCUT2D eigenvalue weighted by molar-refractivity contribution is 0.122. The third-order valence-corrected chi connectivity index (χ3v) is 2.27. The van der Waals surface area contributed by atoms with E-state index in [1.54, 1.807) is 6.92 Å². The summed E-state index contributed by atoms with van der Waals surface area (Å²) in [5, 5.41) is 9.19. The number of aliphatic hydroxyl groups excluding tert-OH is 1. The fourth-order valence-electron chi connectivity index (χ4n) is 1.45. The van der Waals surface area contributed by atoms with Crippen LogP contribution in [0.15, 0.2) is 18.2 Å². The minimum atomic E-state index is -0.425. The number of hydrogen-bond donors (Lipinski definition) is 1. The molecular formula is C13H20O2. The molecule has 1 rings (SSSR count). The standard InChI is InChI=1S/C13H20O2/c1-9(2)12-6-5-10(3)7-13(12)15-8-11(4)14/h5-7,9,11,14H,8H2,1-4H3/t11-/m1/s1. The van der Waals surface area contributed by atoms with Crippen molar-refractivity contribution in [2.75, 3.05) is 6.61 Å². The van der Waals surface area contributed by atoms with Crippen molar-refractivity contribution >= 4 is 0 Å². The van der Waals surface area contributed by atoms with Crippen LogP contribution in [0.3, 0.4) is 0 Å². The molecule has 84 valence electrons. The third-order valence-electron chi connectivity index (χ3n) is 2.27. The van der Waals surface area contributed by atoms with Crippen molar-refractivity contribution in [2.24, 2.45) is 0 Å². The zero-order valence-electron chi connectivity index (χ0n) is 9.95. The summed E-state index contributed by atoms with van der Waals surface area (Å²) in [5.74, 6) is 1.33. The van der Waals surface area contributed by atoms with E-state index < -0.39 is 6.10 Å². The van der Waals surface area contributed by atoms with Gasteiger partial charge < -0.3 is 9.84 Å². The Morgan fingerprint density at radius 3 is 2.47 bits per heavy atom. The van der Waals surface area contributed by atoms with Crippen molar-refractivity contribution in [3.05, 3.63) is 29.3 Å². The van der Waals surface area contributed by atoms with E-state index in [0.717, 1.165) is 5.75 Å². The molecule has 15 heavy (non-hydrogen) atoms. The first kappa shape index (κ1) is 12.1. The van der Waals surface area contributed by atoms with Gasteiger partial charge in [-0.3, -0.25) is 0 Å². The molecule has 0 fully saturated rings. The van der Waals surface area contributed by atoms with Crippen LogP contribution in [0.25, 0.3) is 0 Å². The molecule has 2 nitrogen and oxygen atoms in total. The first-order valence-corrected chi connectivity index (χ1v) is 5.42. The zero-order chi connectivity index (χ0) is 11.4. The predicted octanol–water partition coefficient (Wildman–Crippen LogP) is 2.88. The molecule has 0 unspecified atom stereocenters. The van der Waals surface area contributed by atoms with Gasteiger partial charge in [0.1, 0.15) is 12.4 Å². The normalized spacial score (nSPS) is 12.9. The van der Waals surface area contributed by atoms with Crippen LogP contribution in [-0.2, 0) is 0 Å². The summed E-state index contributed by atoms with van der Waals surface area (Å²) in [6.45, 7) is 8.40. The highest BCUT2D eigenvalue weighted by Gasteiger charge is 2.08. The fraction of sp³-hybridized carbons (Fsp3) is 0.538. The molecule has 0 saturated carbocycles. The Morgan fingerprint density at radius 1 is 1.27 bits per heavy atom. The van der Waals surface area contributed by atoms with Crippen LogP contribution in [0.4, 0.5) is 0 Å². The fourth-order valence-corrected chi connectivity index (χ4v) is 1.45. The lowest BCUT2D eigenvalue weighted by atomic mass is 10.0. The Balaban J connectivity index is 2.87. The molecule has 0 bridgehead atoms. The number of ether oxygens (including phenoxy) is 1. The quantitative estimate of drug-likeness (QED) is 0.824. The summed E-state index contributed by atoms with van der Waals surface area (Å²) in [5.41, 5.74) is 2.38. The minimum Gasteiger partial charge on any atom is -0.491 e. The minimum absolute atomic E-state index is 0.350. The summed E-state index contributed by atoms with van der Waals surface area (Å²) >= 11 is 0. The van der Waals surface area contributed by atoms with Gasteiger partial charge in [0.15, 0.2) is 0 Å². The first-order chi connectivity index (χ1) is 7.00. The van der Waals surface area contributed by atoms with Gasteiger partial charge in [0.25, 0.3) is 0 Å². The van der Waals surface area contributed by atoms with Gasteiger partial charge >= 0.3 is 0 Å². The van der Waals surface area contributed by atoms with Crippen molar-refractivity contribution in [1.82, 2.24) is 0 Å². The Hall–Kier alpha value is -1.02. The van der Waals surface area contributed by atoms with Crippen LogP contribution in [0, 0.1) is 6.92 Å². The Morgan fingerprint density at radius 2 is 1.93 bits per heavy atom. The van der Waals surface area contributed by atoms with Crippen molar-refractivity contribution in [1.29, 1.82) is 0 Å². The highest BCUT2D eigenvalue weighted by molar-refractivity contribution is 5.39. The van der Waals surface area contributed by atoms with Gasteiger partial charge in [-0.1, -0.05) is 26.0 Å². The number of aryl methyl sites for hydroxylation is 1. The lowest BCUT2D eigenvalue weighted by Gasteiger charge is -2.15. The van der Waals surface area contributed by atoms with Crippen LogP contribution in [-0.4, -0.2) is 17.8 Å². The van der Waals surface area contributed by atoms with Crippen LogP contribution in [0.2, 0.25) is 0 Å². The molecule has 0 radical (unpaired) electrons. The van der Waals surface area contributed by atoms with Crippen LogP contribution >= 0.6 is 0 Å². The number of rotatable bonds is 4. The summed E-state index contributed by atoms with van der Waals surface area (Å²) < 4.78 is 5.59. The van der Waals surface area contributed by atoms with E-state index in [2.05, 4.69) is 26.0 Å². The maximum Gasteiger partial charge on any atom is 0.123 e. The molecule has 0 heterocycles. The Kier molecular flexibility index (Phi) is 4.15. The molecule has 0 aromatic heterocycles. The molecule has 1 aromatic rings. The highest BCUT2D eigenvalue weighted by atomic mass is 16.5. The molecule has 0 aliphatic rings. The molecule has 0 aliphatic carbocycles. The number of hydrogen-bond acceptors (Lipinski definition) is 2. The predicted molar refractivity (Wildman–Crippen MR) is 62.4 cm³/mol. The van der Waals surface area contributed by atoms with Gasteiger partial charge in [-0.05, 0) is 37.0 Å². The maximum absolute atomic E-state index is 9.19. The van der Waals surface area contributed by atoms with E-state index in [-0.39, 0.29) is 0 Å². The number of aliphatic hydroxyl groups is 1. The van der Waals surface area contributed by atoms with Crippen LogP contribution < -0.4 is 4.74 Å². The molecule has 0 aliphatic heterocycles. The summed E-state index contributed by atoms with van der Waals surface area (Å²) in [6, 6.07) is 6.21. The SMILES string of the molecule is Cc1ccc(C(C)C)c(OC[C@@H](C)O)c1. The third kappa shape index (κ3) is 3.56. The van der Waals surface area contributed by atoms with Gasteiger partial charge in [0.2, 0.25) is 0 Å². The van der Waals surface area contributed by atoms with Gasteiger partial charge in [-0.15, -0.1) is 0 Å². The average Bonchev–Trinajstić information content (AvgIpc) is 2.14. The smallest absolute Gasteiger partial charge is 0.123 e. The van der Waals surface area contributed by atoms with E-state index in [0.29, 0.717) is 12.5 Å². The summed E-state index contributed by atoms with van der Waals surface area (Å²) in [6.07, 6.45) is -0.425. The second-order valence-corrected chi connectivity index (χ2v) is 4.36. The van der Waals surface area contributed by atoms with Crippen molar-refractivity contribution in [2.45, 2.75) is 39.7 Å². The molecule has 0 spiro atoms. The molecular weight excluding hydrogens is 188 g/mol. The Labute approximate surface area is 91.9 Å². The molecule has 1 N–H and O–H groups in total. The molecule has 1 aromatic carbocycles. The topological polar surface area (TPSA) is 29.5 Å². The van der Waals surface area contributed by atoms with Gasteiger partial charge in [0, 0.05) is 0 Å². The second kappa shape index (κ2) is 5.17. The van der Waals surface area contributed by atoms with Gasteiger partial charge in [-0.25, -0.2) is 0 Å². The van der Waals surface area contributed by atoms with E-state index in [1.807, 2.05) is 13.0 Å². The Bertz CT molecular complexity index is 316. The van der Waals surface area contributed by atoms with Gasteiger partial charge in [0.05, 0.1) is 6.10 Å². The van der Waals surface area contributed by atoms with Crippen LogP contribution in [0.5, 0.6) is 5.75 Å². The van der Waals surface area contributed by atoms with Crippen molar-refractivity contribution < 1.29 is 9.84 Å². The molecule has 1 atom stereocenters. The largest absolute Gasteiger partial charge is 0.491 e. The average molecular weight is 208 g/mol. The van der Waals surface area contributed by atoms with Gasteiger partial charge in [-0.2, -0.15) is 0 Å². The van der Waals surface area contributed by atoms with E-state index in [9.17, 15) is 5.11 Å². The van der Waals surface area contributed by atoms with Crippen molar-refractivity contribution in [3.63, 3.8) is 0 Å². The molecule has 0 saturated heterocycles. The van der Waals surface area contributed by atoms with E-state index in [4.69, 9.17) is 4.74 Å². The van der Waals surface area contributed by atoms with E-state index in [1.165, 1.54) is 11.1 Å². The highest BCUT2D eigenvalue weighted by Crippen LogP contribution is 2.27. The monoisotopic (exact) mass is 208 g/mol. The number of benzene rings is 1. The first-order valence-electron chi connectivity index (χ1n) is 5.42. The van der Waals surface area contributed by atoms with E-state index >= 15 is 0 Å². The molecule has 0 amide bonds. The van der Waals surface area contributed by atoms with Crippen LogP contribution in [0.1, 0.15) is 37.8 Å². The summed E-state index contributed by atoms with van der Waals surface area (Å²) in [4.78, 5) is 0. The second-order valence-electron chi connectivity index (χ2n) is 4.36. The lowest BCUT2D eigenvalue weighted by Crippen LogP contribution is -2.13. The maximum atomic E-state index is 9.19. The molecule has 2 heteroatoms. The zero-order valence-corrected chi connectivity index (χ0v) is 9.95. The summed E-state index contributed by atoms with van der Waals surface area (Å²) in [7, 11) is 0. The van der Waals surface area contributed by atoms with Crippen molar-refractivity contribution in [3.8, 4) is 5.75 Å².